The number of alkyl halides is 3. The maximum absolute atomic E-state index is 14.6. The number of benzene rings is 2. The fourth-order valence-electron chi connectivity index (χ4n) is 8.40. The van der Waals surface area contributed by atoms with Crippen LogP contribution in [0.25, 0.3) is 0 Å². The van der Waals surface area contributed by atoms with Gasteiger partial charge in [-0.1, -0.05) is 12.1 Å². The van der Waals surface area contributed by atoms with Crippen molar-refractivity contribution in [2.75, 3.05) is 4.90 Å². The number of anilines is 1. The lowest BCUT2D eigenvalue weighted by molar-refractivity contribution is -0.143. The third-order valence-corrected chi connectivity index (χ3v) is 10.8. The van der Waals surface area contributed by atoms with Gasteiger partial charge in [-0.3, -0.25) is 14.5 Å². The van der Waals surface area contributed by atoms with Gasteiger partial charge in [0.05, 0.1) is 17.5 Å². The van der Waals surface area contributed by atoms with E-state index >= 15 is 0 Å². The van der Waals surface area contributed by atoms with Gasteiger partial charge in [0, 0.05) is 43.2 Å². The predicted molar refractivity (Wildman–Crippen MR) is 170 cm³/mol. The summed E-state index contributed by atoms with van der Waals surface area (Å²) in [6.07, 6.45) is 1.09. The van der Waals surface area contributed by atoms with Gasteiger partial charge in [0.2, 0.25) is 0 Å². The molecule has 3 saturated carbocycles. The summed E-state index contributed by atoms with van der Waals surface area (Å²) >= 11 is 0. The van der Waals surface area contributed by atoms with E-state index in [0.717, 1.165) is 23.9 Å². The summed E-state index contributed by atoms with van der Waals surface area (Å²) in [5.74, 6) is 0.460. The Bertz CT molecular complexity index is 1820. The van der Waals surface area contributed by atoms with E-state index in [1.54, 1.807) is 33.2 Å². The minimum atomic E-state index is -4.72. The first kappa shape index (κ1) is 32.3. The molecule has 0 bridgehead atoms. The normalized spacial score (nSPS) is 20.5. The van der Waals surface area contributed by atoms with E-state index in [0.29, 0.717) is 44.2 Å². The van der Waals surface area contributed by atoms with Crippen molar-refractivity contribution in [2.24, 2.45) is 12.5 Å². The van der Waals surface area contributed by atoms with Crippen LogP contribution in [0.5, 0.6) is 0 Å². The predicted octanol–water partition coefficient (Wildman–Crippen LogP) is 7.10. The molecule has 254 valence electrons. The zero-order valence-corrected chi connectivity index (χ0v) is 27.9. The molecule has 12 heteroatoms. The minimum Gasteiger partial charge on any atom is -0.444 e. The summed E-state index contributed by atoms with van der Waals surface area (Å²) in [6, 6.07) is 9.92. The van der Waals surface area contributed by atoms with Crippen LogP contribution >= 0.6 is 0 Å². The molecule has 3 fully saturated rings. The van der Waals surface area contributed by atoms with E-state index < -0.39 is 40.3 Å². The van der Waals surface area contributed by atoms with Gasteiger partial charge in [-0.05, 0) is 106 Å². The van der Waals surface area contributed by atoms with Crippen molar-refractivity contribution in [1.82, 2.24) is 19.7 Å². The molecule has 2 amide bonds. The van der Waals surface area contributed by atoms with Crippen LogP contribution in [0.2, 0.25) is 0 Å². The summed E-state index contributed by atoms with van der Waals surface area (Å²) in [5.41, 5.74) is -1.36. The smallest absolute Gasteiger partial charge is 0.416 e. The molecule has 1 aromatic heterocycles. The van der Waals surface area contributed by atoms with Gasteiger partial charge in [-0.2, -0.15) is 13.2 Å². The number of Topliss-reactive ketones (excluding diaryl/α,β-unsaturated/α-hetero) is 1. The minimum absolute atomic E-state index is 0.0216. The van der Waals surface area contributed by atoms with Gasteiger partial charge in [0.1, 0.15) is 23.5 Å². The lowest BCUT2D eigenvalue weighted by atomic mass is 9.43. The molecule has 1 aliphatic heterocycles. The number of aryl methyl sites for hydroxylation is 1. The zero-order chi connectivity index (χ0) is 34.4. The number of hydrogen-bond acceptors (Lipinski definition) is 6. The number of amides is 2. The van der Waals surface area contributed by atoms with Crippen molar-refractivity contribution in [3.63, 3.8) is 0 Å². The van der Waals surface area contributed by atoms with Gasteiger partial charge in [-0.15, -0.1) is 10.2 Å². The summed E-state index contributed by atoms with van der Waals surface area (Å²) in [6.45, 7) is 6.80. The molecule has 3 aliphatic carbocycles. The Morgan fingerprint density at radius 1 is 1.06 bits per heavy atom. The zero-order valence-electron chi connectivity index (χ0n) is 27.9. The molecule has 9 nitrogen and oxygen atoms in total. The Morgan fingerprint density at radius 2 is 1.77 bits per heavy atom. The van der Waals surface area contributed by atoms with E-state index in [4.69, 9.17) is 4.74 Å². The Kier molecular flexibility index (Phi) is 7.17. The van der Waals surface area contributed by atoms with Crippen LogP contribution in [-0.4, -0.2) is 48.6 Å². The first-order chi connectivity index (χ1) is 22.4. The average molecular weight is 664 g/mol. The van der Waals surface area contributed by atoms with E-state index in [9.17, 15) is 27.6 Å². The number of ketones is 1. The standard InChI is InChI=1S/C36H40F3N5O4/c1-32(2,3)48-31(47)44(33(4)10-7-11-33)17-22-12-26-27(28(13-22)36(37,38)39)18-43(29(26)46)24-9-6-8-23(14-24)35(30-41-40-21-42(30)5)19-34(20-35)15-25(45)16-34/h6,8-9,12-14,21H,7,10-11,15-20H2,1-5H3. The summed E-state index contributed by atoms with van der Waals surface area (Å²) < 4.78 is 51.4. The highest BCUT2D eigenvalue weighted by molar-refractivity contribution is 6.10. The molecule has 3 aromatic rings. The lowest BCUT2D eigenvalue weighted by Crippen LogP contribution is -2.57. The van der Waals surface area contributed by atoms with Crippen LogP contribution in [0.3, 0.4) is 0 Å². The van der Waals surface area contributed by atoms with Crippen molar-refractivity contribution in [2.45, 2.75) is 108 Å². The molecule has 1 spiro atoms. The number of hydrogen-bond donors (Lipinski definition) is 0. The molecule has 0 saturated heterocycles. The Balaban J connectivity index is 1.23. The van der Waals surface area contributed by atoms with Crippen LogP contribution < -0.4 is 4.90 Å². The fourth-order valence-corrected chi connectivity index (χ4v) is 8.40. The molecule has 0 N–H and O–H groups in total. The van der Waals surface area contributed by atoms with Gasteiger partial charge in [0.15, 0.2) is 0 Å². The SMILES string of the molecule is Cn1cnnc1C1(c2cccc(N3Cc4c(cc(CN(C(=O)OC(C)(C)C)C5(C)CCC5)cc4C(F)(F)F)C3=O)c2)CC2(CC(=O)C2)C1. The Labute approximate surface area is 277 Å². The van der Waals surface area contributed by atoms with Gasteiger partial charge in [-0.25, -0.2) is 4.79 Å². The van der Waals surface area contributed by atoms with E-state index in [1.165, 1.54) is 15.9 Å². The number of aromatic nitrogens is 3. The van der Waals surface area contributed by atoms with Crippen LogP contribution in [0.4, 0.5) is 23.7 Å². The highest BCUT2D eigenvalue weighted by atomic mass is 19.4. The Morgan fingerprint density at radius 3 is 2.33 bits per heavy atom. The highest BCUT2D eigenvalue weighted by Crippen LogP contribution is 2.66. The largest absolute Gasteiger partial charge is 0.444 e. The van der Waals surface area contributed by atoms with Gasteiger partial charge < -0.3 is 14.2 Å². The monoisotopic (exact) mass is 663 g/mol. The number of halogens is 3. The molecule has 48 heavy (non-hydrogen) atoms. The summed E-state index contributed by atoms with van der Waals surface area (Å²) in [5, 5.41) is 8.52. The molecule has 7 rings (SSSR count). The molecular weight excluding hydrogens is 623 g/mol. The topological polar surface area (TPSA) is 97.6 Å². The molecule has 0 unspecified atom stereocenters. The summed E-state index contributed by atoms with van der Waals surface area (Å²) in [7, 11) is 1.87. The molecular formula is C36H40F3N5O4. The Hall–Kier alpha value is -4.22. The fraction of sp³-hybridized carbons (Fsp3) is 0.528. The number of nitrogens with zero attached hydrogens (tertiary/aromatic N) is 5. The molecule has 2 heterocycles. The maximum atomic E-state index is 14.6. The van der Waals surface area contributed by atoms with Gasteiger partial charge >= 0.3 is 12.3 Å². The molecule has 0 atom stereocenters. The number of carbonyl (C=O) groups excluding carboxylic acids is 3. The van der Waals surface area contributed by atoms with E-state index in [-0.39, 0.29) is 41.0 Å². The number of fused-ring (bicyclic) bond motifs is 1. The van der Waals surface area contributed by atoms with E-state index in [2.05, 4.69) is 10.2 Å². The second-order valence-electron chi connectivity index (χ2n) is 15.6. The molecule has 2 aromatic carbocycles. The van der Waals surface area contributed by atoms with Crippen LogP contribution in [0.1, 0.15) is 111 Å². The quantitative estimate of drug-likeness (QED) is 0.279. The lowest BCUT2D eigenvalue weighted by Gasteiger charge is -2.59. The van der Waals surface area contributed by atoms with E-state index in [1.807, 2.05) is 36.7 Å². The molecule has 4 aliphatic rings. The summed E-state index contributed by atoms with van der Waals surface area (Å²) in [4.78, 5) is 42.2. The van der Waals surface area contributed by atoms with Crippen LogP contribution in [0.15, 0.2) is 42.7 Å². The van der Waals surface area contributed by atoms with Crippen LogP contribution in [0, 0.1) is 5.41 Å². The first-order valence-corrected chi connectivity index (χ1v) is 16.4. The number of rotatable bonds is 6. The average Bonchev–Trinajstić information content (AvgIpc) is 3.52. The highest BCUT2D eigenvalue weighted by Gasteiger charge is 2.63. The van der Waals surface area contributed by atoms with Crippen molar-refractivity contribution < 1.29 is 32.3 Å². The number of ether oxygens (including phenoxy) is 1. The third kappa shape index (κ3) is 5.27. The second-order valence-corrected chi connectivity index (χ2v) is 15.6. The number of carbonyl (C=O) groups is 3. The van der Waals surface area contributed by atoms with Crippen molar-refractivity contribution in [3.05, 3.63) is 76.4 Å². The third-order valence-electron chi connectivity index (χ3n) is 10.8. The van der Waals surface area contributed by atoms with Crippen LogP contribution in [-0.2, 0) is 41.3 Å². The second kappa shape index (κ2) is 10.6. The first-order valence-electron chi connectivity index (χ1n) is 16.4. The van der Waals surface area contributed by atoms with Crippen molar-refractivity contribution in [1.29, 1.82) is 0 Å². The van der Waals surface area contributed by atoms with Crippen molar-refractivity contribution >= 4 is 23.5 Å². The maximum Gasteiger partial charge on any atom is 0.416 e. The van der Waals surface area contributed by atoms with Gasteiger partial charge in [0.25, 0.3) is 5.91 Å². The molecule has 0 radical (unpaired) electrons. The van der Waals surface area contributed by atoms with Crippen molar-refractivity contribution in [3.8, 4) is 0 Å².